The zero-order valence-corrected chi connectivity index (χ0v) is 16.1. The summed E-state index contributed by atoms with van der Waals surface area (Å²) in [5.74, 6) is 1.57. The van der Waals surface area contributed by atoms with Crippen molar-refractivity contribution in [2.75, 3.05) is 0 Å². The van der Waals surface area contributed by atoms with Crippen LogP contribution in [0.2, 0.25) is 0 Å². The van der Waals surface area contributed by atoms with Gasteiger partial charge in [0.1, 0.15) is 0 Å². The second-order valence-corrected chi connectivity index (χ2v) is 9.92. The second-order valence-electron chi connectivity index (χ2n) is 9.92. The second kappa shape index (κ2) is 6.22. The third kappa shape index (κ3) is 4.03. The number of aliphatic hydroxyl groups is 1. The lowest BCUT2D eigenvalue weighted by atomic mass is 9.54. The van der Waals surface area contributed by atoms with Gasteiger partial charge in [0.05, 0.1) is 6.10 Å². The summed E-state index contributed by atoms with van der Waals surface area (Å²) in [6.45, 7) is 21.1. The number of aliphatic hydroxyl groups excluding tert-OH is 1. The van der Waals surface area contributed by atoms with Crippen molar-refractivity contribution in [3.63, 3.8) is 0 Å². The van der Waals surface area contributed by atoms with Crippen molar-refractivity contribution in [3.8, 4) is 0 Å². The fourth-order valence-corrected chi connectivity index (χ4v) is 4.06. The Labute approximate surface area is 133 Å². The zero-order chi connectivity index (χ0) is 16.6. The van der Waals surface area contributed by atoms with Crippen molar-refractivity contribution >= 4 is 0 Å². The lowest BCUT2D eigenvalue weighted by molar-refractivity contribution is -0.108. The summed E-state index contributed by atoms with van der Waals surface area (Å²) in [5.41, 5.74) is 0.793. The Bertz CT molecular complexity index is 308. The SMILES string of the molecule is CCC(C)(C)C1CC(C(C)(C)C)CC(C(C)(C)CC)C1O. The van der Waals surface area contributed by atoms with Crippen LogP contribution in [0.3, 0.4) is 0 Å². The maximum absolute atomic E-state index is 11.1. The van der Waals surface area contributed by atoms with Crippen LogP contribution in [-0.4, -0.2) is 11.2 Å². The van der Waals surface area contributed by atoms with Crippen LogP contribution in [0.5, 0.6) is 0 Å². The highest BCUT2D eigenvalue weighted by Gasteiger charge is 2.49. The van der Waals surface area contributed by atoms with Crippen LogP contribution in [0.15, 0.2) is 0 Å². The van der Waals surface area contributed by atoms with Gasteiger partial charge < -0.3 is 5.11 Å². The average Bonchev–Trinajstić information content (AvgIpc) is 2.37. The Kier molecular flexibility index (Phi) is 5.63. The van der Waals surface area contributed by atoms with Crippen molar-refractivity contribution in [2.45, 2.75) is 94.1 Å². The number of hydrogen-bond donors (Lipinski definition) is 1. The summed E-state index contributed by atoms with van der Waals surface area (Å²) < 4.78 is 0. The van der Waals surface area contributed by atoms with E-state index in [1.807, 2.05) is 0 Å². The van der Waals surface area contributed by atoms with E-state index < -0.39 is 0 Å². The molecule has 126 valence electrons. The fourth-order valence-electron chi connectivity index (χ4n) is 4.06. The molecule has 1 heteroatoms. The van der Waals surface area contributed by atoms with Crippen molar-refractivity contribution in [2.24, 2.45) is 34.0 Å². The van der Waals surface area contributed by atoms with E-state index in [0.29, 0.717) is 23.2 Å². The molecule has 0 saturated heterocycles. The van der Waals surface area contributed by atoms with E-state index in [2.05, 4.69) is 62.3 Å². The number of rotatable bonds is 4. The summed E-state index contributed by atoms with van der Waals surface area (Å²) in [4.78, 5) is 0. The van der Waals surface area contributed by atoms with Gasteiger partial charge in [-0.2, -0.15) is 0 Å². The molecule has 0 aliphatic heterocycles. The summed E-state index contributed by atoms with van der Waals surface area (Å²) in [6, 6.07) is 0. The minimum Gasteiger partial charge on any atom is -0.393 e. The van der Waals surface area contributed by atoms with Crippen LogP contribution in [0.25, 0.3) is 0 Å². The van der Waals surface area contributed by atoms with Gasteiger partial charge in [-0.05, 0) is 46.8 Å². The van der Waals surface area contributed by atoms with E-state index in [1.54, 1.807) is 0 Å². The first-order valence-corrected chi connectivity index (χ1v) is 9.05. The molecule has 1 nitrogen and oxygen atoms in total. The van der Waals surface area contributed by atoms with Gasteiger partial charge in [-0.3, -0.25) is 0 Å². The minimum atomic E-state index is -0.145. The van der Waals surface area contributed by atoms with Crippen LogP contribution < -0.4 is 0 Å². The summed E-state index contributed by atoms with van der Waals surface area (Å²) in [5, 5.41) is 11.1. The first-order valence-electron chi connectivity index (χ1n) is 9.05. The molecular formula is C20H40O. The third-order valence-electron chi connectivity index (χ3n) is 6.96. The molecule has 0 amide bonds. The molecule has 0 radical (unpaired) electrons. The Morgan fingerprint density at radius 2 is 1.10 bits per heavy atom. The molecule has 0 aromatic heterocycles. The zero-order valence-electron chi connectivity index (χ0n) is 16.1. The maximum Gasteiger partial charge on any atom is 0.0606 e. The molecular weight excluding hydrogens is 256 g/mol. The van der Waals surface area contributed by atoms with E-state index in [1.165, 1.54) is 12.8 Å². The van der Waals surface area contributed by atoms with Crippen molar-refractivity contribution in [1.29, 1.82) is 0 Å². The van der Waals surface area contributed by atoms with Gasteiger partial charge in [-0.25, -0.2) is 0 Å². The van der Waals surface area contributed by atoms with Gasteiger partial charge in [-0.15, -0.1) is 0 Å². The van der Waals surface area contributed by atoms with Crippen molar-refractivity contribution in [3.05, 3.63) is 0 Å². The van der Waals surface area contributed by atoms with E-state index in [4.69, 9.17) is 0 Å². The summed E-state index contributed by atoms with van der Waals surface area (Å²) in [7, 11) is 0. The van der Waals surface area contributed by atoms with E-state index in [9.17, 15) is 5.11 Å². The highest BCUT2D eigenvalue weighted by atomic mass is 16.3. The monoisotopic (exact) mass is 296 g/mol. The molecule has 1 fully saturated rings. The molecule has 1 rings (SSSR count). The fraction of sp³-hybridized carbons (Fsp3) is 1.00. The van der Waals surface area contributed by atoms with E-state index in [0.717, 1.165) is 12.8 Å². The van der Waals surface area contributed by atoms with Gasteiger partial charge in [0.2, 0.25) is 0 Å². The van der Waals surface area contributed by atoms with E-state index >= 15 is 0 Å². The van der Waals surface area contributed by atoms with Crippen molar-refractivity contribution < 1.29 is 5.11 Å². The molecule has 2 atom stereocenters. The highest BCUT2D eigenvalue weighted by molar-refractivity contribution is 4.99. The molecule has 1 aliphatic carbocycles. The molecule has 1 N–H and O–H groups in total. The largest absolute Gasteiger partial charge is 0.393 e. The predicted octanol–water partition coefficient (Wildman–Crippen LogP) is 5.91. The molecule has 0 bridgehead atoms. The van der Waals surface area contributed by atoms with Gasteiger partial charge >= 0.3 is 0 Å². The van der Waals surface area contributed by atoms with Crippen LogP contribution in [-0.2, 0) is 0 Å². The lowest BCUT2D eigenvalue weighted by Gasteiger charge is -2.53. The topological polar surface area (TPSA) is 20.2 Å². The Morgan fingerprint density at radius 3 is 1.33 bits per heavy atom. The first kappa shape index (κ1) is 19.0. The molecule has 1 aliphatic rings. The third-order valence-corrected chi connectivity index (χ3v) is 6.96. The smallest absolute Gasteiger partial charge is 0.0606 e. The van der Waals surface area contributed by atoms with Crippen LogP contribution in [0.4, 0.5) is 0 Å². The van der Waals surface area contributed by atoms with Crippen LogP contribution in [0, 0.1) is 34.0 Å². The van der Waals surface area contributed by atoms with Crippen LogP contribution >= 0.6 is 0 Å². The normalized spacial score (nSPS) is 32.3. The average molecular weight is 297 g/mol. The van der Waals surface area contributed by atoms with Gasteiger partial charge in [0.25, 0.3) is 0 Å². The molecule has 21 heavy (non-hydrogen) atoms. The Balaban J connectivity index is 3.16. The van der Waals surface area contributed by atoms with Crippen molar-refractivity contribution in [1.82, 2.24) is 0 Å². The van der Waals surface area contributed by atoms with Gasteiger partial charge in [-0.1, -0.05) is 75.2 Å². The standard InChI is InChI=1S/C20H40O/c1-10-19(6,7)15-12-14(18(3,4)5)13-16(17(15)21)20(8,9)11-2/h14-17,21H,10-13H2,1-9H3. The molecule has 0 aromatic carbocycles. The van der Waals surface area contributed by atoms with Gasteiger partial charge in [0.15, 0.2) is 0 Å². The quantitative estimate of drug-likeness (QED) is 0.684. The van der Waals surface area contributed by atoms with Gasteiger partial charge in [0, 0.05) is 0 Å². The molecule has 0 heterocycles. The lowest BCUT2D eigenvalue weighted by Crippen LogP contribution is -2.50. The number of hydrogen-bond acceptors (Lipinski definition) is 1. The first-order chi connectivity index (χ1) is 9.36. The Morgan fingerprint density at radius 1 is 0.762 bits per heavy atom. The Hall–Kier alpha value is -0.0400. The molecule has 0 spiro atoms. The van der Waals surface area contributed by atoms with E-state index in [-0.39, 0.29) is 16.9 Å². The van der Waals surface area contributed by atoms with Crippen LogP contribution in [0.1, 0.15) is 88.0 Å². The minimum absolute atomic E-state index is 0.145. The summed E-state index contributed by atoms with van der Waals surface area (Å²) >= 11 is 0. The highest BCUT2D eigenvalue weighted by Crippen LogP contribution is 2.53. The summed E-state index contributed by atoms with van der Waals surface area (Å²) in [6.07, 6.45) is 4.51. The molecule has 1 saturated carbocycles. The molecule has 0 aromatic rings. The molecule has 2 unspecified atom stereocenters. The maximum atomic E-state index is 11.1. The predicted molar refractivity (Wildman–Crippen MR) is 93.3 cm³/mol.